The molecule has 4 rings (SSSR count). The van der Waals surface area contributed by atoms with Crippen LogP contribution in [0.4, 0.5) is 9.59 Å². The summed E-state index contributed by atoms with van der Waals surface area (Å²) in [7, 11) is 0. The van der Waals surface area contributed by atoms with Gasteiger partial charge in [0.05, 0.1) is 23.7 Å². The number of carbonyl (C=O) groups is 4. The topological polar surface area (TPSA) is 125 Å². The fraction of sp³-hybridized carbons (Fsp3) is 0.724. The second-order valence-electron chi connectivity index (χ2n) is 12.0. The first-order chi connectivity index (χ1) is 18.2. The summed E-state index contributed by atoms with van der Waals surface area (Å²) in [5, 5.41) is 11.8. The number of carbonyl (C=O) groups excluding carboxylic acids is 4. The molecular weight excluding hydrogens is 528 g/mol. The summed E-state index contributed by atoms with van der Waals surface area (Å²) < 4.78 is 21.2. The maximum absolute atomic E-state index is 13.9. The molecule has 3 fully saturated rings. The average Bonchev–Trinajstić information content (AvgIpc) is 3.14. The molecule has 0 radical (unpaired) electrons. The zero-order chi connectivity index (χ0) is 28.8. The van der Waals surface area contributed by atoms with E-state index in [2.05, 4.69) is 0 Å². The number of hydrogen-bond acceptors (Lipinski definition) is 9. The normalized spacial score (nSPS) is 38.7. The molecule has 216 valence electrons. The van der Waals surface area contributed by atoms with Gasteiger partial charge in [-0.25, -0.2) is 9.59 Å². The lowest BCUT2D eigenvalue weighted by molar-refractivity contribution is -0.180. The van der Waals surface area contributed by atoms with Gasteiger partial charge in [-0.15, -0.1) is 11.6 Å². The van der Waals surface area contributed by atoms with Gasteiger partial charge >= 0.3 is 12.3 Å². The van der Waals surface area contributed by atoms with E-state index in [4.69, 9.17) is 30.5 Å². The first kappa shape index (κ1) is 29.6. The highest BCUT2D eigenvalue weighted by molar-refractivity contribution is 6.26. The van der Waals surface area contributed by atoms with Crippen LogP contribution in [0, 0.1) is 22.7 Å². The van der Waals surface area contributed by atoms with Gasteiger partial charge in [-0.05, 0) is 76.4 Å². The Balaban J connectivity index is 1.70. The number of fused-ring (bicyclic) bond motifs is 5. The van der Waals surface area contributed by atoms with E-state index in [0.29, 0.717) is 25.7 Å². The molecule has 0 bridgehead atoms. The zero-order valence-corrected chi connectivity index (χ0v) is 24.0. The van der Waals surface area contributed by atoms with E-state index in [1.54, 1.807) is 26.0 Å². The summed E-state index contributed by atoms with van der Waals surface area (Å²) in [6.45, 7) is 8.41. The molecule has 0 aliphatic heterocycles. The molecule has 0 aromatic heterocycles. The smallest absolute Gasteiger partial charge is 0.434 e. The summed E-state index contributed by atoms with van der Waals surface area (Å²) >= 11 is 7.46. The summed E-state index contributed by atoms with van der Waals surface area (Å²) in [4.78, 5) is 49.7. The molecule has 7 atom stereocenters. The standard InChI is InChI=1S/C29H39ClO9/c1-6-13-36-25(35)39-28(23(33)16-37-24(34)38-17(2)3)12-10-20-21-8-7-18-14-19(31)9-11-26(18,4)29(21,30)22(32)15-27(20,28)5/h9,11,14,17,20-22,32H,6-8,10,12-13,15-16H2,1-5H3/t20-,21-,22?,26-,27-,28-,29-/m0/s1. The van der Waals surface area contributed by atoms with Gasteiger partial charge in [-0.1, -0.05) is 32.4 Å². The minimum Gasteiger partial charge on any atom is -0.434 e. The van der Waals surface area contributed by atoms with Crippen LogP contribution in [-0.4, -0.2) is 64.9 Å². The summed E-state index contributed by atoms with van der Waals surface area (Å²) in [6.07, 6.45) is 3.93. The number of rotatable bonds is 7. The van der Waals surface area contributed by atoms with Crippen LogP contribution < -0.4 is 0 Å². The van der Waals surface area contributed by atoms with Crippen molar-refractivity contribution in [1.29, 1.82) is 0 Å². The number of halogens is 1. The highest BCUT2D eigenvalue weighted by Gasteiger charge is 2.74. The first-order valence-electron chi connectivity index (χ1n) is 13.8. The van der Waals surface area contributed by atoms with Gasteiger partial charge in [0.15, 0.2) is 18.0 Å². The van der Waals surface area contributed by atoms with Crippen molar-refractivity contribution < 1.29 is 43.2 Å². The van der Waals surface area contributed by atoms with Crippen LogP contribution in [0.15, 0.2) is 23.8 Å². The number of alkyl halides is 1. The summed E-state index contributed by atoms with van der Waals surface area (Å²) in [5.74, 6) is -1.14. The second-order valence-corrected chi connectivity index (χ2v) is 12.6. The lowest BCUT2D eigenvalue weighted by Crippen LogP contribution is -2.69. The molecule has 1 N–H and O–H groups in total. The van der Waals surface area contributed by atoms with Crippen molar-refractivity contribution in [3.8, 4) is 0 Å². The Bertz CT molecular complexity index is 1100. The number of hydrogen-bond donors (Lipinski definition) is 1. The van der Waals surface area contributed by atoms with E-state index >= 15 is 0 Å². The number of ketones is 2. The van der Waals surface area contributed by atoms with Crippen LogP contribution in [0.5, 0.6) is 0 Å². The third-order valence-corrected chi connectivity index (χ3v) is 10.5. The molecule has 0 spiro atoms. The molecule has 0 saturated heterocycles. The Morgan fingerprint density at radius 1 is 1.13 bits per heavy atom. The van der Waals surface area contributed by atoms with E-state index in [1.165, 1.54) is 6.08 Å². The quantitative estimate of drug-likeness (QED) is 0.332. The zero-order valence-electron chi connectivity index (χ0n) is 23.3. The highest BCUT2D eigenvalue weighted by atomic mass is 35.5. The third kappa shape index (κ3) is 4.59. The molecule has 10 heteroatoms. The van der Waals surface area contributed by atoms with Gasteiger partial charge in [-0.3, -0.25) is 9.59 Å². The van der Waals surface area contributed by atoms with Crippen molar-refractivity contribution >= 4 is 35.5 Å². The predicted octanol–water partition coefficient (Wildman–Crippen LogP) is 5.06. The molecule has 9 nitrogen and oxygen atoms in total. The van der Waals surface area contributed by atoms with Crippen LogP contribution in [0.3, 0.4) is 0 Å². The largest absolute Gasteiger partial charge is 0.509 e. The van der Waals surface area contributed by atoms with Crippen LogP contribution in [0.1, 0.15) is 73.1 Å². The van der Waals surface area contributed by atoms with Crippen LogP contribution in [0.2, 0.25) is 0 Å². The number of Topliss-reactive ketones (excluding diaryl/α,β-unsaturated/α-hetero) is 1. The van der Waals surface area contributed by atoms with Gasteiger partial charge in [0.1, 0.15) is 0 Å². The monoisotopic (exact) mass is 566 g/mol. The summed E-state index contributed by atoms with van der Waals surface area (Å²) in [6, 6.07) is 0. The van der Waals surface area contributed by atoms with Crippen molar-refractivity contribution in [3.63, 3.8) is 0 Å². The average molecular weight is 567 g/mol. The molecular formula is C29H39ClO9. The van der Waals surface area contributed by atoms with E-state index in [1.807, 2.05) is 20.8 Å². The number of ether oxygens (including phenoxy) is 4. The highest BCUT2D eigenvalue weighted by Crippen LogP contribution is 2.71. The molecule has 0 aromatic rings. The van der Waals surface area contributed by atoms with Gasteiger partial charge in [0.2, 0.25) is 5.78 Å². The van der Waals surface area contributed by atoms with E-state index < -0.39 is 58.2 Å². The first-order valence-corrected chi connectivity index (χ1v) is 14.2. The Labute approximate surface area is 234 Å². The van der Waals surface area contributed by atoms with E-state index in [0.717, 1.165) is 5.57 Å². The Morgan fingerprint density at radius 3 is 2.51 bits per heavy atom. The van der Waals surface area contributed by atoms with Gasteiger partial charge in [0.25, 0.3) is 0 Å². The Kier molecular flexibility index (Phi) is 8.00. The SMILES string of the molecule is CCCOC(=O)O[C@]1(C(=O)COC(=O)OC(C)C)CC[C@H]2[C@@H]3CCC4=CC(=O)C=C[C@]4(C)[C@@]3(Cl)C(O)C[C@@]21C. The van der Waals surface area contributed by atoms with Crippen molar-refractivity contribution in [2.75, 3.05) is 13.2 Å². The molecule has 1 unspecified atom stereocenters. The third-order valence-electron chi connectivity index (χ3n) is 9.55. The maximum Gasteiger partial charge on any atom is 0.509 e. The fourth-order valence-corrected chi connectivity index (χ4v) is 8.23. The lowest BCUT2D eigenvalue weighted by Gasteiger charge is -2.63. The Morgan fingerprint density at radius 2 is 1.85 bits per heavy atom. The second kappa shape index (κ2) is 10.5. The maximum atomic E-state index is 13.9. The van der Waals surface area contributed by atoms with Crippen molar-refractivity contribution in [2.45, 2.75) is 95.8 Å². The molecule has 0 amide bonds. The molecule has 0 aromatic carbocycles. The Hall–Kier alpha value is -2.39. The number of aliphatic hydroxyl groups is 1. The fourth-order valence-electron chi connectivity index (χ4n) is 7.71. The molecule has 39 heavy (non-hydrogen) atoms. The van der Waals surface area contributed by atoms with Crippen molar-refractivity contribution in [3.05, 3.63) is 23.8 Å². The van der Waals surface area contributed by atoms with Crippen molar-refractivity contribution in [1.82, 2.24) is 0 Å². The number of aliphatic hydroxyl groups excluding tert-OH is 1. The van der Waals surface area contributed by atoms with E-state index in [9.17, 15) is 24.3 Å². The van der Waals surface area contributed by atoms with Gasteiger partial charge in [0, 0.05) is 10.8 Å². The van der Waals surface area contributed by atoms with Gasteiger partial charge in [-0.2, -0.15) is 0 Å². The van der Waals surface area contributed by atoms with Crippen LogP contribution >= 0.6 is 11.6 Å². The minimum absolute atomic E-state index is 0.0611. The van der Waals surface area contributed by atoms with Crippen molar-refractivity contribution in [2.24, 2.45) is 22.7 Å². The molecule has 4 aliphatic rings. The lowest BCUT2D eigenvalue weighted by atomic mass is 9.45. The van der Waals surface area contributed by atoms with Crippen LogP contribution in [-0.2, 0) is 28.5 Å². The minimum atomic E-state index is -1.70. The van der Waals surface area contributed by atoms with Gasteiger partial charge < -0.3 is 24.1 Å². The molecule has 4 aliphatic carbocycles. The van der Waals surface area contributed by atoms with Crippen LogP contribution in [0.25, 0.3) is 0 Å². The molecule has 0 heterocycles. The number of allylic oxidation sites excluding steroid dienone is 4. The predicted molar refractivity (Wildman–Crippen MR) is 141 cm³/mol. The molecule has 3 saturated carbocycles. The summed E-state index contributed by atoms with van der Waals surface area (Å²) in [5.41, 5.74) is -2.59. The van der Waals surface area contributed by atoms with E-state index in [-0.39, 0.29) is 37.1 Å².